The van der Waals surface area contributed by atoms with Gasteiger partial charge in [-0.25, -0.2) is 0 Å². The minimum absolute atomic E-state index is 0.544. The SMILES string of the molecule is CCOCCC(N)(OCC)OCC. The number of ether oxygens (including phenoxy) is 3. The summed E-state index contributed by atoms with van der Waals surface area (Å²) in [7, 11) is 0. The van der Waals surface area contributed by atoms with Crippen LogP contribution in [-0.4, -0.2) is 32.3 Å². The van der Waals surface area contributed by atoms with Gasteiger partial charge in [-0.3, -0.25) is 5.73 Å². The summed E-state index contributed by atoms with van der Waals surface area (Å²) in [6.45, 7) is 8.06. The van der Waals surface area contributed by atoms with E-state index in [9.17, 15) is 0 Å². The van der Waals surface area contributed by atoms with E-state index in [-0.39, 0.29) is 0 Å². The van der Waals surface area contributed by atoms with Gasteiger partial charge in [-0.1, -0.05) is 0 Å². The van der Waals surface area contributed by atoms with Crippen molar-refractivity contribution in [3.05, 3.63) is 0 Å². The average Bonchev–Trinajstić information content (AvgIpc) is 2.05. The summed E-state index contributed by atoms with van der Waals surface area (Å²) in [4.78, 5) is 0. The van der Waals surface area contributed by atoms with Crippen LogP contribution in [0.1, 0.15) is 27.2 Å². The lowest BCUT2D eigenvalue weighted by atomic mass is 10.3. The third-order valence-corrected chi connectivity index (χ3v) is 1.58. The van der Waals surface area contributed by atoms with Crippen LogP contribution in [0.3, 0.4) is 0 Å². The largest absolute Gasteiger partial charge is 0.381 e. The highest BCUT2D eigenvalue weighted by Crippen LogP contribution is 2.10. The highest BCUT2D eigenvalue weighted by molar-refractivity contribution is 4.60. The molecule has 0 bridgehead atoms. The van der Waals surface area contributed by atoms with Crippen LogP contribution >= 0.6 is 0 Å². The molecule has 0 rings (SSSR count). The van der Waals surface area contributed by atoms with Crippen molar-refractivity contribution in [2.75, 3.05) is 26.4 Å². The molecular formula is C9H21NO3. The van der Waals surface area contributed by atoms with Gasteiger partial charge < -0.3 is 14.2 Å². The maximum Gasteiger partial charge on any atom is 0.227 e. The lowest BCUT2D eigenvalue weighted by Crippen LogP contribution is -2.46. The number of hydrogen-bond donors (Lipinski definition) is 1. The summed E-state index contributed by atoms with van der Waals surface area (Å²) in [5, 5.41) is 0. The molecule has 0 aromatic rings. The van der Waals surface area contributed by atoms with Crippen LogP contribution in [-0.2, 0) is 14.2 Å². The van der Waals surface area contributed by atoms with Crippen molar-refractivity contribution in [3.8, 4) is 0 Å². The van der Waals surface area contributed by atoms with Crippen LogP contribution in [0.15, 0.2) is 0 Å². The Balaban J connectivity index is 3.76. The molecule has 0 aliphatic carbocycles. The topological polar surface area (TPSA) is 53.7 Å². The average molecular weight is 191 g/mol. The molecule has 0 aromatic heterocycles. The van der Waals surface area contributed by atoms with E-state index in [1.54, 1.807) is 0 Å². The predicted octanol–water partition coefficient (Wildman–Crippen LogP) is 1.10. The van der Waals surface area contributed by atoms with Crippen LogP contribution in [0.25, 0.3) is 0 Å². The Bertz CT molecular complexity index is 113. The molecule has 0 spiro atoms. The smallest absolute Gasteiger partial charge is 0.227 e. The Morgan fingerprint density at radius 1 is 1.00 bits per heavy atom. The minimum Gasteiger partial charge on any atom is -0.381 e. The lowest BCUT2D eigenvalue weighted by molar-refractivity contribution is -0.237. The Kier molecular flexibility index (Phi) is 7.17. The van der Waals surface area contributed by atoms with Crippen LogP contribution < -0.4 is 5.73 Å². The van der Waals surface area contributed by atoms with Crippen molar-refractivity contribution in [1.82, 2.24) is 0 Å². The monoisotopic (exact) mass is 191 g/mol. The van der Waals surface area contributed by atoms with Crippen molar-refractivity contribution in [2.24, 2.45) is 5.73 Å². The second kappa shape index (κ2) is 7.26. The van der Waals surface area contributed by atoms with Gasteiger partial charge in [0.15, 0.2) is 0 Å². The summed E-state index contributed by atoms with van der Waals surface area (Å²) < 4.78 is 15.8. The van der Waals surface area contributed by atoms with Crippen LogP contribution in [0.5, 0.6) is 0 Å². The summed E-state index contributed by atoms with van der Waals surface area (Å²) in [5.74, 6) is -0.974. The molecule has 0 saturated carbocycles. The van der Waals surface area contributed by atoms with Crippen molar-refractivity contribution >= 4 is 0 Å². The van der Waals surface area contributed by atoms with Crippen LogP contribution in [0.2, 0.25) is 0 Å². The van der Waals surface area contributed by atoms with Gasteiger partial charge in [-0.05, 0) is 20.8 Å². The highest BCUT2D eigenvalue weighted by Gasteiger charge is 2.25. The molecule has 4 heteroatoms. The lowest BCUT2D eigenvalue weighted by Gasteiger charge is -2.28. The van der Waals surface area contributed by atoms with Gasteiger partial charge in [-0.15, -0.1) is 0 Å². The molecule has 0 amide bonds. The Morgan fingerprint density at radius 3 is 1.92 bits per heavy atom. The molecule has 13 heavy (non-hydrogen) atoms. The molecule has 0 aliphatic rings. The van der Waals surface area contributed by atoms with E-state index in [2.05, 4.69) is 0 Å². The van der Waals surface area contributed by atoms with E-state index < -0.39 is 5.91 Å². The van der Waals surface area contributed by atoms with Gasteiger partial charge in [0, 0.05) is 26.2 Å². The molecule has 2 N–H and O–H groups in total. The first kappa shape index (κ1) is 12.8. The molecule has 0 aliphatic heterocycles. The zero-order chi connectivity index (χ0) is 10.2. The number of rotatable bonds is 8. The van der Waals surface area contributed by atoms with E-state index in [4.69, 9.17) is 19.9 Å². The molecule has 0 fully saturated rings. The van der Waals surface area contributed by atoms with Crippen LogP contribution in [0.4, 0.5) is 0 Å². The van der Waals surface area contributed by atoms with Gasteiger partial charge >= 0.3 is 0 Å². The van der Waals surface area contributed by atoms with E-state index >= 15 is 0 Å². The first-order valence-corrected chi connectivity index (χ1v) is 4.83. The fourth-order valence-corrected chi connectivity index (χ4v) is 1.03. The normalized spacial score (nSPS) is 12.0. The maximum absolute atomic E-state index is 5.84. The zero-order valence-electron chi connectivity index (χ0n) is 8.84. The second-order valence-electron chi connectivity index (χ2n) is 2.62. The second-order valence-corrected chi connectivity index (χ2v) is 2.62. The van der Waals surface area contributed by atoms with Gasteiger partial charge in [0.2, 0.25) is 5.91 Å². The Morgan fingerprint density at radius 2 is 1.54 bits per heavy atom. The van der Waals surface area contributed by atoms with Crippen LogP contribution in [0, 0.1) is 0 Å². The van der Waals surface area contributed by atoms with Gasteiger partial charge in [0.25, 0.3) is 0 Å². The number of hydrogen-bond acceptors (Lipinski definition) is 4. The summed E-state index contributed by atoms with van der Waals surface area (Å²) in [6, 6.07) is 0. The number of nitrogens with two attached hydrogens (primary N) is 1. The summed E-state index contributed by atoms with van der Waals surface area (Å²) in [6.07, 6.45) is 0.558. The molecule has 0 radical (unpaired) electrons. The quantitative estimate of drug-likeness (QED) is 0.461. The van der Waals surface area contributed by atoms with Crippen molar-refractivity contribution < 1.29 is 14.2 Å². The van der Waals surface area contributed by atoms with Gasteiger partial charge in [-0.2, -0.15) is 0 Å². The molecule has 80 valence electrons. The third-order valence-electron chi connectivity index (χ3n) is 1.58. The van der Waals surface area contributed by atoms with E-state index in [0.29, 0.717) is 32.8 Å². The zero-order valence-corrected chi connectivity index (χ0v) is 8.84. The fourth-order valence-electron chi connectivity index (χ4n) is 1.03. The molecule has 0 heterocycles. The first-order valence-electron chi connectivity index (χ1n) is 4.83. The summed E-state index contributed by atoms with van der Waals surface area (Å²) >= 11 is 0. The van der Waals surface area contributed by atoms with E-state index in [0.717, 1.165) is 0 Å². The van der Waals surface area contributed by atoms with Crippen molar-refractivity contribution in [2.45, 2.75) is 33.1 Å². The Hall–Kier alpha value is -0.160. The molecule has 0 atom stereocenters. The van der Waals surface area contributed by atoms with Gasteiger partial charge in [0.05, 0.1) is 6.61 Å². The minimum atomic E-state index is -0.974. The first-order chi connectivity index (χ1) is 6.18. The van der Waals surface area contributed by atoms with Crippen molar-refractivity contribution in [1.29, 1.82) is 0 Å². The van der Waals surface area contributed by atoms with Crippen molar-refractivity contribution in [3.63, 3.8) is 0 Å². The van der Waals surface area contributed by atoms with E-state index in [1.165, 1.54) is 0 Å². The van der Waals surface area contributed by atoms with Gasteiger partial charge in [0.1, 0.15) is 0 Å². The molecular weight excluding hydrogens is 170 g/mol. The Labute approximate surface area is 80.3 Å². The molecule has 0 aromatic carbocycles. The molecule has 0 unspecified atom stereocenters. The third kappa shape index (κ3) is 5.99. The fraction of sp³-hybridized carbons (Fsp3) is 1.00. The molecule has 4 nitrogen and oxygen atoms in total. The maximum atomic E-state index is 5.84. The highest BCUT2D eigenvalue weighted by atomic mass is 16.7. The standard InChI is InChI=1S/C9H21NO3/c1-4-11-8-7-9(10,12-5-2)13-6-3/h4-8,10H2,1-3H3. The molecule has 0 saturated heterocycles. The summed E-state index contributed by atoms with van der Waals surface area (Å²) in [5.41, 5.74) is 5.84. The predicted molar refractivity (Wildman–Crippen MR) is 51.3 cm³/mol. The van der Waals surface area contributed by atoms with E-state index in [1.807, 2.05) is 20.8 Å².